The monoisotopic (exact) mass is 732 g/mol. The fraction of sp³-hybridized carbons (Fsp3) is 0. The van der Waals surface area contributed by atoms with Crippen LogP contribution in [0.1, 0.15) is 0 Å². The third kappa shape index (κ3) is 4.03. The van der Waals surface area contributed by atoms with Crippen LogP contribution in [0.15, 0.2) is 174 Å². The zero-order valence-electron chi connectivity index (χ0n) is 29.8. The van der Waals surface area contributed by atoms with Gasteiger partial charge < -0.3 is 8.98 Å². The van der Waals surface area contributed by atoms with Crippen molar-refractivity contribution in [3.05, 3.63) is 170 Å². The summed E-state index contributed by atoms with van der Waals surface area (Å²) in [5, 5.41) is 10.6. The maximum Gasteiger partial charge on any atom is 0.235 e. The molecule has 56 heavy (non-hydrogen) atoms. The van der Waals surface area contributed by atoms with Gasteiger partial charge in [-0.25, -0.2) is 9.97 Å². The average Bonchev–Trinajstić information content (AvgIpc) is 4.01. The van der Waals surface area contributed by atoms with E-state index in [4.69, 9.17) is 14.4 Å². The Kier molecular flexibility index (Phi) is 5.98. The lowest BCUT2D eigenvalue weighted by Gasteiger charge is -2.10. The first-order valence-corrected chi connectivity index (χ1v) is 19.6. The van der Waals surface area contributed by atoms with Gasteiger partial charge in [0.05, 0.1) is 38.0 Å². The van der Waals surface area contributed by atoms with Gasteiger partial charge in [-0.3, -0.25) is 4.57 Å². The number of hydrogen-bond acceptors (Lipinski definition) is 4. The third-order valence-corrected chi connectivity index (χ3v) is 12.7. The average molecular weight is 733 g/mol. The van der Waals surface area contributed by atoms with E-state index < -0.39 is 0 Å². The van der Waals surface area contributed by atoms with Gasteiger partial charge in [-0.2, -0.15) is 0 Å². The van der Waals surface area contributed by atoms with Crippen LogP contribution in [0.3, 0.4) is 0 Å². The van der Waals surface area contributed by atoms with Crippen molar-refractivity contribution < 1.29 is 4.42 Å². The van der Waals surface area contributed by atoms with Crippen LogP contribution >= 0.6 is 11.3 Å². The molecule has 5 nitrogen and oxygen atoms in total. The van der Waals surface area contributed by atoms with E-state index in [0.29, 0.717) is 5.95 Å². The van der Waals surface area contributed by atoms with Gasteiger partial charge in [-0.15, -0.1) is 11.3 Å². The Hall–Kier alpha value is -7.28. The summed E-state index contributed by atoms with van der Waals surface area (Å²) >= 11 is 1.74. The number of thiophene rings is 1. The largest absolute Gasteiger partial charge is 0.456 e. The smallest absolute Gasteiger partial charge is 0.235 e. The number of para-hydroxylation sites is 3. The number of aromatic nitrogens is 4. The summed E-state index contributed by atoms with van der Waals surface area (Å²) in [7, 11) is 0. The Morgan fingerprint density at radius 3 is 1.91 bits per heavy atom. The van der Waals surface area contributed by atoms with Gasteiger partial charge in [0.2, 0.25) is 5.95 Å². The van der Waals surface area contributed by atoms with Gasteiger partial charge in [0, 0.05) is 53.7 Å². The molecule has 0 saturated carbocycles. The van der Waals surface area contributed by atoms with Crippen LogP contribution in [0, 0.1) is 0 Å². The molecule has 0 amide bonds. The number of benzene rings is 8. The number of rotatable bonds is 3. The van der Waals surface area contributed by atoms with Crippen LogP contribution in [-0.2, 0) is 0 Å². The molecule has 0 bridgehead atoms. The molecule has 0 unspecified atom stereocenters. The molecule has 0 spiro atoms. The highest BCUT2D eigenvalue weighted by molar-refractivity contribution is 7.26. The normalized spacial score (nSPS) is 12.3. The van der Waals surface area contributed by atoms with E-state index in [1.807, 2.05) is 0 Å². The molecule has 0 N–H and O–H groups in total. The molecule has 0 atom stereocenters. The van der Waals surface area contributed by atoms with Gasteiger partial charge in [0.1, 0.15) is 11.2 Å². The van der Waals surface area contributed by atoms with E-state index in [1.54, 1.807) is 11.3 Å². The van der Waals surface area contributed by atoms with Crippen LogP contribution in [0.2, 0.25) is 0 Å². The summed E-state index contributed by atoms with van der Waals surface area (Å²) in [5.74, 6) is 0.643. The first kappa shape index (κ1) is 30.1. The standard InChI is InChI=1S/C50H28N4OS/c1-2-13-31(14-3-1)53-37-19-9-6-16-33(37)45-39(53)25-26-40-46(45)34-17-7-10-20-38(34)54(40)50-51-47(49-48(52-50)36-18-8-11-21-43(36)56-49)30-22-24-35-42(28-30)55-41-27-23-29-12-4-5-15-32(29)44(35)41/h1-28H. The topological polar surface area (TPSA) is 48.8 Å². The lowest BCUT2D eigenvalue weighted by atomic mass is 10.0. The summed E-state index contributed by atoms with van der Waals surface area (Å²) in [6.07, 6.45) is 0. The van der Waals surface area contributed by atoms with Crippen molar-refractivity contribution >= 4 is 108 Å². The van der Waals surface area contributed by atoms with Crippen LogP contribution < -0.4 is 0 Å². The highest BCUT2D eigenvalue weighted by Crippen LogP contribution is 2.45. The SMILES string of the molecule is c1ccc(-n2c3ccccc3c3c4c5ccccc5n(-c5nc(-c6ccc7c(c6)oc6ccc8ccccc8c67)c6sc7ccccc7c6n5)c4ccc32)cc1. The fourth-order valence-electron chi connectivity index (χ4n) is 9.16. The van der Waals surface area contributed by atoms with Crippen molar-refractivity contribution in [3.8, 4) is 22.9 Å². The van der Waals surface area contributed by atoms with Gasteiger partial charge in [-0.1, -0.05) is 109 Å². The van der Waals surface area contributed by atoms with Crippen LogP contribution in [-0.4, -0.2) is 19.1 Å². The van der Waals surface area contributed by atoms with Crippen molar-refractivity contribution in [2.45, 2.75) is 0 Å². The molecule has 5 heterocycles. The minimum atomic E-state index is 0.643. The molecule has 0 radical (unpaired) electrons. The quantitative estimate of drug-likeness (QED) is 0.182. The Labute approximate surface area is 322 Å². The third-order valence-electron chi connectivity index (χ3n) is 11.5. The molecule has 0 saturated heterocycles. The summed E-state index contributed by atoms with van der Waals surface area (Å²) in [6.45, 7) is 0. The van der Waals surface area contributed by atoms with Crippen LogP contribution in [0.4, 0.5) is 0 Å². The second-order valence-corrected chi connectivity index (χ2v) is 15.6. The van der Waals surface area contributed by atoms with Crippen molar-refractivity contribution in [2.75, 3.05) is 0 Å². The van der Waals surface area contributed by atoms with E-state index >= 15 is 0 Å². The number of hydrogen-bond donors (Lipinski definition) is 0. The highest BCUT2D eigenvalue weighted by atomic mass is 32.1. The molecule has 0 aliphatic rings. The molecular weight excluding hydrogens is 705 g/mol. The lowest BCUT2D eigenvalue weighted by Crippen LogP contribution is -2.02. The fourth-order valence-corrected chi connectivity index (χ4v) is 10.3. The Morgan fingerprint density at radius 1 is 0.446 bits per heavy atom. The molecule has 0 aliphatic heterocycles. The van der Waals surface area contributed by atoms with Crippen molar-refractivity contribution in [1.82, 2.24) is 19.1 Å². The van der Waals surface area contributed by atoms with E-state index in [9.17, 15) is 0 Å². The van der Waals surface area contributed by atoms with Crippen LogP contribution in [0.25, 0.3) is 120 Å². The summed E-state index contributed by atoms with van der Waals surface area (Å²) in [4.78, 5) is 11.0. The maximum atomic E-state index is 6.57. The Balaban J connectivity index is 1.12. The number of fused-ring (bicyclic) bond motifs is 15. The van der Waals surface area contributed by atoms with E-state index in [-0.39, 0.29) is 0 Å². The molecule has 0 aliphatic carbocycles. The maximum absolute atomic E-state index is 6.57. The first-order chi connectivity index (χ1) is 27.8. The summed E-state index contributed by atoms with van der Waals surface area (Å²) in [6, 6.07) is 60.4. The number of nitrogens with zero attached hydrogens (tertiary/aromatic N) is 4. The zero-order chi connectivity index (χ0) is 36.5. The molecule has 13 aromatic rings. The molecule has 6 heteroatoms. The molecular formula is C50H28N4OS. The predicted octanol–water partition coefficient (Wildman–Crippen LogP) is 13.8. The second-order valence-electron chi connectivity index (χ2n) is 14.5. The molecule has 8 aromatic carbocycles. The van der Waals surface area contributed by atoms with Crippen LogP contribution in [0.5, 0.6) is 0 Å². The molecule has 5 aromatic heterocycles. The molecule has 260 valence electrons. The lowest BCUT2D eigenvalue weighted by molar-refractivity contribution is 0.669. The minimum Gasteiger partial charge on any atom is -0.456 e. The van der Waals surface area contributed by atoms with E-state index in [1.165, 1.54) is 48.1 Å². The van der Waals surface area contributed by atoms with Gasteiger partial charge in [0.15, 0.2) is 0 Å². The number of furan rings is 1. The first-order valence-electron chi connectivity index (χ1n) is 18.8. The highest BCUT2D eigenvalue weighted by Gasteiger charge is 2.24. The summed E-state index contributed by atoms with van der Waals surface area (Å²) in [5.41, 5.74) is 10.2. The van der Waals surface area contributed by atoms with E-state index in [2.05, 4.69) is 179 Å². The van der Waals surface area contributed by atoms with Gasteiger partial charge in [0.25, 0.3) is 0 Å². The summed E-state index contributed by atoms with van der Waals surface area (Å²) < 4.78 is 13.5. The molecule has 0 fully saturated rings. The van der Waals surface area contributed by atoms with Gasteiger partial charge in [-0.05, 0) is 71.4 Å². The predicted molar refractivity (Wildman–Crippen MR) is 234 cm³/mol. The second kappa shape index (κ2) is 11.1. The van der Waals surface area contributed by atoms with E-state index in [0.717, 1.165) is 65.5 Å². The Bertz CT molecular complexity index is 3770. The van der Waals surface area contributed by atoms with Crippen molar-refractivity contribution in [1.29, 1.82) is 0 Å². The van der Waals surface area contributed by atoms with Crippen molar-refractivity contribution in [2.24, 2.45) is 0 Å². The van der Waals surface area contributed by atoms with Crippen molar-refractivity contribution in [3.63, 3.8) is 0 Å². The zero-order valence-corrected chi connectivity index (χ0v) is 30.6. The Morgan fingerprint density at radius 2 is 1.11 bits per heavy atom. The molecule has 13 rings (SSSR count). The van der Waals surface area contributed by atoms with Gasteiger partial charge >= 0.3 is 0 Å². The minimum absolute atomic E-state index is 0.643.